The number of nitrogens with one attached hydrogen (secondary N) is 1. The number of carbonyl (C=O) groups excluding carboxylic acids is 1. The van der Waals surface area contributed by atoms with Gasteiger partial charge in [0.05, 0.1) is 17.0 Å². The molecule has 1 saturated carbocycles. The van der Waals surface area contributed by atoms with Gasteiger partial charge in [-0.3, -0.25) is 14.0 Å². The third-order valence-corrected chi connectivity index (χ3v) is 5.24. The van der Waals surface area contributed by atoms with Crippen LogP contribution in [0.15, 0.2) is 35.5 Å². The molecule has 0 spiro atoms. The van der Waals surface area contributed by atoms with Crippen LogP contribution in [0.25, 0.3) is 11.4 Å². The summed E-state index contributed by atoms with van der Waals surface area (Å²) in [6.07, 6.45) is 2.01. The Hall–Kier alpha value is -2.68. The number of hydrogen-bond acceptors (Lipinski definition) is 5. The first-order chi connectivity index (χ1) is 13.0. The van der Waals surface area contributed by atoms with Crippen LogP contribution in [0, 0.1) is 12.7 Å². The van der Waals surface area contributed by atoms with Crippen LogP contribution in [-0.4, -0.2) is 36.2 Å². The first-order valence-corrected chi connectivity index (χ1v) is 9.64. The number of anilines is 1. The highest BCUT2D eigenvalue weighted by molar-refractivity contribution is 7.99. The zero-order valence-corrected chi connectivity index (χ0v) is 15.8. The molecule has 0 bridgehead atoms. The monoisotopic (exact) mass is 386 g/mol. The van der Waals surface area contributed by atoms with Gasteiger partial charge in [-0.1, -0.05) is 23.9 Å². The molecule has 1 aliphatic carbocycles. The standard InChI is InChI=1S/C18H19FN6OS/c1-11-9-15(24(2)23-11)20-16(26)10-27-18-22-21-17(25(18)12-7-8-12)13-5-3-4-6-14(13)19/h3-6,9,12H,7-8,10H2,1-2H3,(H,20,26). The van der Waals surface area contributed by atoms with Gasteiger partial charge in [0.2, 0.25) is 5.91 Å². The summed E-state index contributed by atoms with van der Waals surface area (Å²) in [6.45, 7) is 1.87. The minimum absolute atomic E-state index is 0.152. The Balaban J connectivity index is 1.50. The molecule has 0 aliphatic heterocycles. The summed E-state index contributed by atoms with van der Waals surface area (Å²) >= 11 is 1.30. The fraction of sp³-hybridized carbons (Fsp3) is 0.333. The zero-order valence-electron chi connectivity index (χ0n) is 15.0. The fourth-order valence-electron chi connectivity index (χ4n) is 2.90. The van der Waals surface area contributed by atoms with E-state index in [-0.39, 0.29) is 23.5 Å². The largest absolute Gasteiger partial charge is 0.310 e. The van der Waals surface area contributed by atoms with E-state index in [1.54, 1.807) is 29.9 Å². The van der Waals surface area contributed by atoms with E-state index in [1.165, 1.54) is 17.8 Å². The lowest BCUT2D eigenvalue weighted by Gasteiger charge is -2.09. The van der Waals surface area contributed by atoms with E-state index in [1.807, 2.05) is 17.6 Å². The van der Waals surface area contributed by atoms with Gasteiger partial charge in [0.15, 0.2) is 11.0 Å². The van der Waals surface area contributed by atoms with Gasteiger partial charge in [0, 0.05) is 19.2 Å². The third-order valence-electron chi connectivity index (χ3n) is 4.29. The molecule has 1 N–H and O–H groups in total. The quantitative estimate of drug-likeness (QED) is 0.659. The summed E-state index contributed by atoms with van der Waals surface area (Å²) in [5.41, 5.74) is 1.27. The van der Waals surface area contributed by atoms with E-state index in [4.69, 9.17) is 0 Å². The Kier molecular flexibility index (Phi) is 4.69. The van der Waals surface area contributed by atoms with E-state index in [2.05, 4.69) is 20.6 Å². The summed E-state index contributed by atoms with van der Waals surface area (Å²) in [7, 11) is 1.78. The number of halogens is 1. The molecular formula is C18H19FN6OS. The number of thioether (sulfide) groups is 1. The molecule has 3 aromatic rings. The minimum Gasteiger partial charge on any atom is -0.310 e. The molecule has 1 aliphatic rings. The number of aromatic nitrogens is 5. The van der Waals surface area contributed by atoms with E-state index in [0.29, 0.717) is 22.4 Å². The van der Waals surface area contributed by atoms with E-state index >= 15 is 0 Å². The number of nitrogens with zero attached hydrogens (tertiary/aromatic N) is 5. The van der Waals surface area contributed by atoms with Gasteiger partial charge in [0.1, 0.15) is 11.6 Å². The number of rotatable bonds is 6. The molecule has 1 amide bonds. The average Bonchev–Trinajstić information content (AvgIpc) is 3.31. The van der Waals surface area contributed by atoms with Crippen LogP contribution in [0.5, 0.6) is 0 Å². The van der Waals surface area contributed by atoms with Gasteiger partial charge in [-0.25, -0.2) is 4.39 Å². The Morgan fingerprint density at radius 2 is 2.11 bits per heavy atom. The van der Waals surface area contributed by atoms with Gasteiger partial charge in [-0.2, -0.15) is 5.10 Å². The number of amides is 1. The van der Waals surface area contributed by atoms with Crippen molar-refractivity contribution in [3.05, 3.63) is 41.8 Å². The van der Waals surface area contributed by atoms with Crippen molar-refractivity contribution < 1.29 is 9.18 Å². The van der Waals surface area contributed by atoms with Crippen LogP contribution in [0.4, 0.5) is 10.2 Å². The zero-order chi connectivity index (χ0) is 19.0. The average molecular weight is 386 g/mol. The van der Waals surface area contributed by atoms with Crippen LogP contribution >= 0.6 is 11.8 Å². The molecule has 7 nitrogen and oxygen atoms in total. The smallest absolute Gasteiger partial charge is 0.235 e. The highest BCUT2D eigenvalue weighted by Crippen LogP contribution is 2.41. The number of aryl methyl sites for hydroxylation is 2. The molecule has 27 heavy (non-hydrogen) atoms. The molecule has 1 aromatic carbocycles. The van der Waals surface area contributed by atoms with Gasteiger partial charge in [-0.05, 0) is 31.9 Å². The van der Waals surface area contributed by atoms with E-state index in [9.17, 15) is 9.18 Å². The van der Waals surface area contributed by atoms with Crippen molar-refractivity contribution in [2.45, 2.75) is 31.0 Å². The van der Waals surface area contributed by atoms with Crippen molar-refractivity contribution in [1.82, 2.24) is 24.5 Å². The van der Waals surface area contributed by atoms with Gasteiger partial charge in [-0.15, -0.1) is 10.2 Å². The summed E-state index contributed by atoms with van der Waals surface area (Å²) in [5.74, 6) is 0.870. The van der Waals surface area contributed by atoms with Crippen molar-refractivity contribution in [2.75, 3.05) is 11.1 Å². The fourth-order valence-corrected chi connectivity index (χ4v) is 3.71. The lowest BCUT2D eigenvalue weighted by Crippen LogP contribution is -2.16. The Bertz CT molecular complexity index is 994. The van der Waals surface area contributed by atoms with Crippen molar-refractivity contribution in [3.8, 4) is 11.4 Å². The van der Waals surface area contributed by atoms with Gasteiger partial charge in [0.25, 0.3) is 0 Å². The Morgan fingerprint density at radius 1 is 1.33 bits per heavy atom. The van der Waals surface area contributed by atoms with Crippen LogP contribution in [0.1, 0.15) is 24.6 Å². The predicted molar refractivity (Wildman–Crippen MR) is 101 cm³/mol. The maximum atomic E-state index is 14.2. The Morgan fingerprint density at radius 3 is 2.78 bits per heavy atom. The first kappa shape index (κ1) is 17.7. The molecular weight excluding hydrogens is 367 g/mol. The van der Waals surface area contributed by atoms with Gasteiger partial charge < -0.3 is 5.32 Å². The second-order valence-corrected chi connectivity index (χ2v) is 7.46. The molecule has 0 unspecified atom stereocenters. The number of carbonyl (C=O) groups is 1. The number of hydrogen-bond donors (Lipinski definition) is 1. The second-order valence-electron chi connectivity index (χ2n) is 6.52. The van der Waals surface area contributed by atoms with Crippen LogP contribution < -0.4 is 5.32 Å². The molecule has 1 fully saturated rings. The Labute approximate surface area is 160 Å². The van der Waals surface area contributed by atoms with Crippen molar-refractivity contribution >= 4 is 23.5 Å². The minimum atomic E-state index is -0.326. The first-order valence-electron chi connectivity index (χ1n) is 8.66. The SMILES string of the molecule is Cc1cc(NC(=O)CSc2nnc(-c3ccccc3F)n2C2CC2)n(C)n1. The third kappa shape index (κ3) is 3.73. The van der Waals surface area contributed by atoms with Crippen LogP contribution in [0.3, 0.4) is 0 Å². The molecule has 0 saturated heterocycles. The van der Waals surface area contributed by atoms with Crippen LogP contribution in [0.2, 0.25) is 0 Å². The maximum Gasteiger partial charge on any atom is 0.235 e. The summed E-state index contributed by atoms with van der Waals surface area (Å²) in [4.78, 5) is 12.3. The maximum absolute atomic E-state index is 14.2. The summed E-state index contributed by atoms with van der Waals surface area (Å²) < 4.78 is 17.8. The topological polar surface area (TPSA) is 77.6 Å². The molecule has 0 radical (unpaired) electrons. The molecule has 2 heterocycles. The molecule has 4 rings (SSSR count). The van der Waals surface area contributed by atoms with Crippen molar-refractivity contribution in [1.29, 1.82) is 0 Å². The predicted octanol–water partition coefficient (Wildman–Crippen LogP) is 3.19. The van der Waals surface area contributed by atoms with Crippen molar-refractivity contribution in [3.63, 3.8) is 0 Å². The lowest BCUT2D eigenvalue weighted by molar-refractivity contribution is -0.113. The van der Waals surface area contributed by atoms with E-state index in [0.717, 1.165) is 18.5 Å². The van der Waals surface area contributed by atoms with Gasteiger partial charge >= 0.3 is 0 Å². The number of benzene rings is 1. The normalized spacial score (nSPS) is 13.7. The van der Waals surface area contributed by atoms with Crippen molar-refractivity contribution in [2.24, 2.45) is 7.05 Å². The summed E-state index contributed by atoms with van der Waals surface area (Å²) in [5, 5.41) is 16.1. The molecule has 2 aromatic heterocycles. The molecule has 140 valence electrons. The van der Waals surface area contributed by atoms with Crippen LogP contribution in [-0.2, 0) is 11.8 Å². The molecule has 9 heteroatoms. The van der Waals surface area contributed by atoms with E-state index < -0.39 is 0 Å². The lowest BCUT2D eigenvalue weighted by atomic mass is 10.2. The highest BCUT2D eigenvalue weighted by atomic mass is 32.2. The second kappa shape index (κ2) is 7.15. The highest BCUT2D eigenvalue weighted by Gasteiger charge is 2.31. The molecule has 0 atom stereocenters. The summed E-state index contributed by atoms with van der Waals surface area (Å²) in [6, 6.07) is 8.62.